The first-order valence-electron chi connectivity index (χ1n) is 6.11. The molecule has 1 saturated heterocycles. The summed E-state index contributed by atoms with van der Waals surface area (Å²) in [6.07, 6.45) is 0.832. The van der Waals surface area contributed by atoms with Gasteiger partial charge >= 0.3 is 5.97 Å². The first-order valence-corrected chi connectivity index (χ1v) is 8.30. The lowest BCUT2D eigenvalue weighted by Crippen LogP contribution is -2.42. The van der Waals surface area contributed by atoms with Gasteiger partial charge in [0.05, 0.1) is 16.0 Å². The van der Waals surface area contributed by atoms with E-state index < -0.39 is 32.6 Å². The van der Waals surface area contributed by atoms with Crippen LogP contribution in [0.1, 0.15) is 12.8 Å². The molecule has 1 heterocycles. The largest absolute Gasteiger partial charge is 0.481 e. The zero-order valence-electron chi connectivity index (χ0n) is 10.7. The lowest BCUT2D eigenvalue weighted by atomic mass is 10.0. The van der Waals surface area contributed by atoms with Gasteiger partial charge in [-0.25, -0.2) is 12.8 Å². The van der Waals surface area contributed by atoms with Gasteiger partial charge in [-0.15, -0.1) is 0 Å². The van der Waals surface area contributed by atoms with Crippen LogP contribution >= 0.6 is 23.2 Å². The lowest BCUT2D eigenvalue weighted by Gasteiger charge is -2.30. The standard InChI is InChI=1S/C12H12Cl2FNO4S/c13-9-4-8(15)5-10(14)11(9)21(19,20)16-3-1-2-7(6-16)12(17)18/h4-5,7H,1-3,6H2,(H,17,18). The summed E-state index contributed by atoms with van der Waals surface area (Å²) in [5.41, 5.74) is 0. The average molecular weight is 356 g/mol. The Kier molecular flexibility index (Phi) is 4.77. The Morgan fingerprint density at radius 1 is 1.33 bits per heavy atom. The Labute approximate surface area is 131 Å². The monoisotopic (exact) mass is 355 g/mol. The highest BCUT2D eigenvalue weighted by Gasteiger charge is 2.35. The van der Waals surface area contributed by atoms with E-state index in [1.165, 1.54) is 0 Å². The summed E-state index contributed by atoms with van der Waals surface area (Å²) < 4.78 is 39.3. The minimum Gasteiger partial charge on any atom is -0.481 e. The second-order valence-corrected chi connectivity index (χ2v) is 7.43. The number of carboxylic acids is 1. The molecule has 9 heteroatoms. The van der Waals surface area contributed by atoms with Gasteiger partial charge in [-0.05, 0) is 25.0 Å². The summed E-state index contributed by atoms with van der Waals surface area (Å²) in [5.74, 6) is -2.57. The molecule has 5 nitrogen and oxygen atoms in total. The number of nitrogens with zero attached hydrogens (tertiary/aromatic N) is 1. The van der Waals surface area contributed by atoms with E-state index in [1.807, 2.05) is 0 Å². The summed E-state index contributed by atoms with van der Waals surface area (Å²) in [4.78, 5) is 10.6. The van der Waals surface area contributed by atoms with Gasteiger partial charge in [0.15, 0.2) is 0 Å². The molecule has 1 aromatic rings. The highest BCUT2D eigenvalue weighted by molar-refractivity contribution is 7.89. The number of carbonyl (C=O) groups is 1. The SMILES string of the molecule is O=C(O)C1CCCN(S(=O)(=O)c2c(Cl)cc(F)cc2Cl)C1. The first-order chi connectivity index (χ1) is 9.73. The molecule has 0 aromatic heterocycles. The first kappa shape index (κ1) is 16.5. The molecule has 2 rings (SSSR count). The predicted octanol–water partition coefficient (Wildman–Crippen LogP) is 2.62. The second-order valence-electron chi connectivity index (χ2n) is 4.74. The zero-order valence-corrected chi connectivity index (χ0v) is 13.1. The number of benzene rings is 1. The smallest absolute Gasteiger partial charge is 0.307 e. The number of halogens is 3. The molecule has 1 fully saturated rings. The minimum atomic E-state index is -4.07. The summed E-state index contributed by atoms with van der Waals surface area (Å²) in [6, 6.07) is 1.72. The molecule has 0 bridgehead atoms. The maximum atomic E-state index is 13.2. The van der Waals surface area contributed by atoms with Crippen LogP contribution < -0.4 is 0 Å². The molecule has 1 atom stereocenters. The average Bonchev–Trinajstić information content (AvgIpc) is 2.37. The fourth-order valence-corrected chi connectivity index (χ4v) is 4.93. The molecule has 116 valence electrons. The van der Waals surface area contributed by atoms with Crippen LogP contribution in [0.5, 0.6) is 0 Å². The molecule has 21 heavy (non-hydrogen) atoms. The molecule has 0 amide bonds. The third-order valence-electron chi connectivity index (χ3n) is 3.29. The molecule has 0 aliphatic carbocycles. The van der Waals surface area contributed by atoms with Crippen molar-refractivity contribution in [3.8, 4) is 0 Å². The van der Waals surface area contributed by atoms with E-state index in [0.29, 0.717) is 12.8 Å². The van der Waals surface area contributed by atoms with E-state index in [2.05, 4.69) is 0 Å². The maximum absolute atomic E-state index is 13.2. The Bertz CT molecular complexity index is 657. The third-order valence-corrected chi connectivity index (χ3v) is 6.08. The van der Waals surface area contributed by atoms with Gasteiger partial charge in [0.25, 0.3) is 0 Å². The van der Waals surface area contributed by atoms with Crippen molar-refractivity contribution >= 4 is 39.2 Å². The van der Waals surface area contributed by atoms with Crippen molar-refractivity contribution in [3.63, 3.8) is 0 Å². The molecule has 0 saturated carbocycles. The van der Waals surface area contributed by atoms with Gasteiger partial charge in [-0.1, -0.05) is 23.2 Å². The molecular formula is C12H12Cl2FNO4S. The van der Waals surface area contributed by atoms with E-state index in [0.717, 1.165) is 16.4 Å². The summed E-state index contributed by atoms with van der Waals surface area (Å²) >= 11 is 11.6. The fraction of sp³-hybridized carbons (Fsp3) is 0.417. The van der Waals surface area contributed by atoms with Crippen molar-refractivity contribution in [2.75, 3.05) is 13.1 Å². The van der Waals surface area contributed by atoms with E-state index in [-0.39, 0.29) is 23.1 Å². The molecule has 1 aromatic carbocycles. The van der Waals surface area contributed by atoms with Crippen LogP contribution in [0.3, 0.4) is 0 Å². The number of hydrogen-bond donors (Lipinski definition) is 1. The number of carboxylic acid groups (broad SMARTS) is 1. The Balaban J connectivity index is 2.41. The highest BCUT2D eigenvalue weighted by Crippen LogP contribution is 2.34. The quantitative estimate of drug-likeness (QED) is 0.904. The number of aliphatic carboxylic acids is 1. The summed E-state index contributed by atoms with van der Waals surface area (Å²) in [5, 5.41) is 8.37. The van der Waals surface area contributed by atoms with Gasteiger partial charge in [-0.3, -0.25) is 4.79 Å². The number of sulfonamides is 1. The third kappa shape index (κ3) is 3.31. The molecule has 1 N–H and O–H groups in total. The normalized spacial score (nSPS) is 20.4. The Hall–Kier alpha value is -0.890. The van der Waals surface area contributed by atoms with E-state index in [4.69, 9.17) is 28.3 Å². The van der Waals surface area contributed by atoms with Crippen LogP contribution in [0, 0.1) is 11.7 Å². The van der Waals surface area contributed by atoms with Crippen LogP contribution in [-0.4, -0.2) is 36.9 Å². The molecular weight excluding hydrogens is 344 g/mol. The van der Waals surface area contributed by atoms with E-state index in [9.17, 15) is 17.6 Å². The summed E-state index contributed by atoms with van der Waals surface area (Å²) in [6.45, 7) is 0.0256. The van der Waals surface area contributed by atoms with Gasteiger partial charge in [-0.2, -0.15) is 4.31 Å². The lowest BCUT2D eigenvalue weighted by molar-refractivity contribution is -0.142. The molecule has 0 radical (unpaired) electrons. The number of hydrogen-bond acceptors (Lipinski definition) is 3. The zero-order chi connectivity index (χ0) is 15.8. The van der Waals surface area contributed by atoms with Crippen LogP contribution in [0.15, 0.2) is 17.0 Å². The van der Waals surface area contributed by atoms with Crippen molar-refractivity contribution in [3.05, 3.63) is 28.0 Å². The number of rotatable bonds is 3. The second kappa shape index (κ2) is 6.08. The van der Waals surface area contributed by atoms with Gasteiger partial charge in [0.1, 0.15) is 10.7 Å². The number of piperidine rings is 1. The van der Waals surface area contributed by atoms with Crippen molar-refractivity contribution in [1.82, 2.24) is 4.31 Å². The van der Waals surface area contributed by atoms with Crippen LogP contribution in [0.2, 0.25) is 10.0 Å². The van der Waals surface area contributed by atoms with E-state index >= 15 is 0 Å². The van der Waals surface area contributed by atoms with Crippen LogP contribution in [0.4, 0.5) is 4.39 Å². The van der Waals surface area contributed by atoms with Crippen molar-refractivity contribution in [1.29, 1.82) is 0 Å². The summed E-state index contributed by atoms with van der Waals surface area (Å²) in [7, 11) is -4.07. The Morgan fingerprint density at radius 2 is 1.90 bits per heavy atom. The molecule has 1 unspecified atom stereocenters. The molecule has 1 aliphatic heterocycles. The molecule has 1 aliphatic rings. The predicted molar refractivity (Wildman–Crippen MR) is 75.5 cm³/mol. The Morgan fingerprint density at radius 3 is 2.43 bits per heavy atom. The van der Waals surface area contributed by atoms with E-state index in [1.54, 1.807) is 0 Å². The van der Waals surface area contributed by atoms with Crippen LogP contribution in [-0.2, 0) is 14.8 Å². The van der Waals surface area contributed by atoms with Gasteiger partial charge in [0.2, 0.25) is 10.0 Å². The van der Waals surface area contributed by atoms with Crippen molar-refractivity contribution < 1.29 is 22.7 Å². The maximum Gasteiger partial charge on any atom is 0.307 e. The molecule has 0 spiro atoms. The van der Waals surface area contributed by atoms with Gasteiger partial charge in [0, 0.05) is 13.1 Å². The van der Waals surface area contributed by atoms with Crippen molar-refractivity contribution in [2.45, 2.75) is 17.7 Å². The highest BCUT2D eigenvalue weighted by atomic mass is 35.5. The topological polar surface area (TPSA) is 74.7 Å². The van der Waals surface area contributed by atoms with Crippen molar-refractivity contribution in [2.24, 2.45) is 5.92 Å². The minimum absolute atomic E-state index is 0.151. The van der Waals surface area contributed by atoms with Crippen LogP contribution in [0.25, 0.3) is 0 Å². The van der Waals surface area contributed by atoms with Gasteiger partial charge < -0.3 is 5.11 Å². The fourth-order valence-electron chi connectivity index (χ4n) is 2.27.